The molecule has 0 amide bonds. The summed E-state index contributed by atoms with van der Waals surface area (Å²) in [5.74, 6) is -12.0. The van der Waals surface area contributed by atoms with Crippen molar-refractivity contribution in [2.75, 3.05) is 0 Å². The second kappa shape index (κ2) is 2.71. The molecule has 0 N–H and O–H groups in total. The number of ether oxygens (including phenoxy) is 1. The van der Waals surface area contributed by atoms with E-state index in [9.17, 15) is 39.5 Å². The van der Waals surface area contributed by atoms with Gasteiger partial charge in [-0.2, -0.15) is 35.1 Å². The molecule has 1 aliphatic heterocycles. The molecule has 0 aromatic rings. The van der Waals surface area contributed by atoms with Crippen LogP contribution in [0.1, 0.15) is 0 Å². The van der Waals surface area contributed by atoms with Crippen LogP contribution in [0.3, 0.4) is 0 Å². The van der Waals surface area contributed by atoms with Crippen molar-refractivity contribution < 1.29 is 44.3 Å². The fourth-order valence-corrected chi connectivity index (χ4v) is 0.928. The van der Waals surface area contributed by atoms with Crippen LogP contribution in [0.2, 0.25) is 0 Å². The van der Waals surface area contributed by atoms with Crippen LogP contribution in [0, 0.1) is 0 Å². The third-order valence-electron chi connectivity index (χ3n) is 1.68. The second-order valence-corrected chi connectivity index (χ2v) is 2.74. The summed E-state index contributed by atoms with van der Waals surface area (Å²) >= 11 is 0. The van der Waals surface area contributed by atoms with Crippen molar-refractivity contribution in [3.05, 3.63) is 0 Å². The molecule has 1 fully saturated rings. The Bertz CT molecular complexity index is 267. The molecule has 0 bridgehead atoms. The Morgan fingerprint density at radius 1 is 0.933 bits per heavy atom. The lowest BCUT2D eigenvalue weighted by Gasteiger charge is -2.26. The minimum Gasteiger partial charge on any atom is -0.267 e. The molecule has 10 heteroatoms. The maximum atomic E-state index is 12.5. The van der Waals surface area contributed by atoms with Gasteiger partial charge < -0.3 is 0 Å². The van der Waals surface area contributed by atoms with E-state index in [0.29, 0.717) is 0 Å². The Morgan fingerprint density at radius 3 is 1.47 bits per heavy atom. The molecule has 15 heavy (non-hydrogen) atoms. The SMILES string of the molecule is FC1C(F)(F)OC(F)(C(F)(F)F)C1(F)F. The van der Waals surface area contributed by atoms with E-state index in [0.717, 1.165) is 0 Å². The topological polar surface area (TPSA) is 9.23 Å². The molecular formula is C5HF9O. The average molecular weight is 248 g/mol. The van der Waals surface area contributed by atoms with Crippen molar-refractivity contribution in [1.29, 1.82) is 0 Å². The zero-order chi connectivity index (χ0) is 12.3. The van der Waals surface area contributed by atoms with E-state index in [-0.39, 0.29) is 0 Å². The number of halogens is 9. The van der Waals surface area contributed by atoms with E-state index in [1.54, 1.807) is 0 Å². The van der Waals surface area contributed by atoms with E-state index in [1.807, 2.05) is 0 Å². The third-order valence-corrected chi connectivity index (χ3v) is 1.68. The predicted octanol–water partition coefficient (Wildman–Crippen LogP) is 2.81. The number of alkyl halides is 9. The van der Waals surface area contributed by atoms with Gasteiger partial charge in [0.2, 0.25) is 0 Å². The van der Waals surface area contributed by atoms with E-state index in [1.165, 1.54) is 0 Å². The summed E-state index contributed by atoms with van der Waals surface area (Å²) in [7, 11) is 0. The van der Waals surface area contributed by atoms with Gasteiger partial charge in [-0.05, 0) is 0 Å². The van der Waals surface area contributed by atoms with Gasteiger partial charge in [-0.15, -0.1) is 0 Å². The summed E-state index contributed by atoms with van der Waals surface area (Å²) < 4.78 is 111. The summed E-state index contributed by atoms with van der Waals surface area (Å²) in [6.45, 7) is 0. The lowest BCUT2D eigenvalue weighted by atomic mass is 10.1. The van der Waals surface area contributed by atoms with E-state index in [4.69, 9.17) is 0 Å². The molecule has 0 saturated carbocycles. The highest BCUT2D eigenvalue weighted by molar-refractivity contribution is 5.06. The lowest BCUT2D eigenvalue weighted by Crippen LogP contribution is -2.55. The number of rotatable bonds is 0. The average Bonchev–Trinajstić information content (AvgIpc) is 2.09. The Labute approximate surface area is 75.8 Å². The van der Waals surface area contributed by atoms with Gasteiger partial charge in [-0.25, -0.2) is 4.39 Å². The first-order valence-electron chi connectivity index (χ1n) is 3.22. The van der Waals surface area contributed by atoms with Crippen LogP contribution >= 0.6 is 0 Å². The van der Waals surface area contributed by atoms with Crippen LogP contribution in [-0.4, -0.2) is 30.2 Å². The molecule has 1 rings (SSSR count). The summed E-state index contributed by atoms with van der Waals surface area (Å²) in [6, 6.07) is 0. The van der Waals surface area contributed by atoms with Gasteiger partial charge in [-0.1, -0.05) is 0 Å². The summed E-state index contributed by atoms with van der Waals surface area (Å²) in [5.41, 5.74) is 0. The normalized spacial score (nSPS) is 39.4. The summed E-state index contributed by atoms with van der Waals surface area (Å²) in [4.78, 5) is 0. The Balaban J connectivity index is 3.25. The highest BCUT2D eigenvalue weighted by Gasteiger charge is 2.87. The monoisotopic (exact) mass is 248 g/mol. The fourth-order valence-electron chi connectivity index (χ4n) is 0.928. The molecular weight excluding hydrogens is 247 g/mol. The second-order valence-electron chi connectivity index (χ2n) is 2.74. The highest BCUT2D eigenvalue weighted by Crippen LogP contribution is 2.58. The number of hydrogen-bond acceptors (Lipinski definition) is 1. The molecule has 2 unspecified atom stereocenters. The molecule has 0 spiro atoms. The largest absolute Gasteiger partial charge is 0.455 e. The minimum absolute atomic E-state index is 2.18. The number of hydrogen-bond donors (Lipinski definition) is 0. The van der Waals surface area contributed by atoms with Crippen LogP contribution in [0.25, 0.3) is 0 Å². The Kier molecular flexibility index (Phi) is 2.24. The predicted molar refractivity (Wildman–Crippen MR) is 25.8 cm³/mol. The molecule has 2 atom stereocenters. The fraction of sp³-hybridized carbons (Fsp3) is 1.00. The molecule has 90 valence electrons. The first kappa shape index (κ1) is 12.4. The zero-order valence-corrected chi connectivity index (χ0v) is 6.39. The summed E-state index contributed by atoms with van der Waals surface area (Å²) in [5, 5.41) is 0. The van der Waals surface area contributed by atoms with E-state index in [2.05, 4.69) is 4.74 Å². The van der Waals surface area contributed by atoms with Crippen molar-refractivity contribution >= 4 is 0 Å². The molecule has 0 radical (unpaired) electrons. The first-order chi connectivity index (χ1) is 6.36. The zero-order valence-electron chi connectivity index (χ0n) is 6.39. The first-order valence-corrected chi connectivity index (χ1v) is 3.22. The van der Waals surface area contributed by atoms with Gasteiger partial charge in [0.05, 0.1) is 0 Å². The molecule has 1 nitrogen and oxygen atoms in total. The molecule has 1 aliphatic rings. The van der Waals surface area contributed by atoms with Gasteiger partial charge in [0.15, 0.2) is 0 Å². The van der Waals surface area contributed by atoms with Gasteiger partial charge >= 0.3 is 24.1 Å². The maximum Gasteiger partial charge on any atom is 0.455 e. The quantitative estimate of drug-likeness (QED) is 0.599. The highest BCUT2D eigenvalue weighted by atomic mass is 19.4. The van der Waals surface area contributed by atoms with E-state index >= 15 is 0 Å². The molecule has 0 aromatic heterocycles. The van der Waals surface area contributed by atoms with Crippen LogP contribution in [0.15, 0.2) is 0 Å². The van der Waals surface area contributed by atoms with Crippen LogP contribution in [0.5, 0.6) is 0 Å². The van der Waals surface area contributed by atoms with Gasteiger partial charge in [0.25, 0.3) is 6.17 Å². The van der Waals surface area contributed by atoms with Crippen LogP contribution in [-0.2, 0) is 4.74 Å². The molecule has 1 saturated heterocycles. The minimum atomic E-state index is -6.47. The van der Waals surface area contributed by atoms with Gasteiger partial charge in [-0.3, -0.25) is 4.74 Å². The summed E-state index contributed by atoms with van der Waals surface area (Å²) in [6.07, 6.45) is -16.7. The van der Waals surface area contributed by atoms with Gasteiger partial charge in [0, 0.05) is 0 Å². The standard InChI is InChI=1S/C5HF9O/c6-1-2(7,8)4(11,5(12,13)14)15-3(1,9)10/h1H. The Hall–Kier alpha value is -0.670. The van der Waals surface area contributed by atoms with Crippen molar-refractivity contribution in [1.82, 2.24) is 0 Å². The van der Waals surface area contributed by atoms with E-state index < -0.39 is 30.2 Å². The smallest absolute Gasteiger partial charge is 0.267 e. The maximum absolute atomic E-state index is 12.5. The Morgan fingerprint density at radius 2 is 1.33 bits per heavy atom. The molecule has 0 aliphatic carbocycles. The van der Waals surface area contributed by atoms with Crippen LogP contribution in [0.4, 0.5) is 39.5 Å². The van der Waals surface area contributed by atoms with Crippen LogP contribution < -0.4 is 0 Å². The lowest BCUT2D eigenvalue weighted by molar-refractivity contribution is -0.406. The molecule has 1 heterocycles. The van der Waals surface area contributed by atoms with Gasteiger partial charge in [0.1, 0.15) is 0 Å². The van der Waals surface area contributed by atoms with Crippen molar-refractivity contribution in [2.45, 2.75) is 30.2 Å². The molecule has 0 aromatic carbocycles. The third kappa shape index (κ3) is 1.37. The van der Waals surface area contributed by atoms with Crippen molar-refractivity contribution in [2.24, 2.45) is 0 Å². The van der Waals surface area contributed by atoms with Crippen molar-refractivity contribution in [3.8, 4) is 0 Å². The van der Waals surface area contributed by atoms with Crippen molar-refractivity contribution in [3.63, 3.8) is 0 Å².